The average Bonchev–Trinajstić information content (AvgIpc) is 3.66. The van der Waals surface area contributed by atoms with Gasteiger partial charge in [0.15, 0.2) is 0 Å². The zero-order valence-corrected chi connectivity index (χ0v) is 29.5. The topological polar surface area (TPSA) is 8.17 Å². The first-order valence-corrected chi connectivity index (χ1v) is 18.6. The second-order valence-corrected chi connectivity index (χ2v) is 15.7. The van der Waals surface area contributed by atoms with E-state index in [1.807, 2.05) is 0 Å². The van der Waals surface area contributed by atoms with Gasteiger partial charge in [-0.25, -0.2) is 0 Å². The van der Waals surface area contributed by atoms with Gasteiger partial charge in [-0.1, -0.05) is 159 Å². The van der Waals surface area contributed by atoms with Crippen molar-refractivity contribution >= 4 is 45.7 Å². The fourth-order valence-corrected chi connectivity index (χ4v) is 11.0. The van der Waals surface area contributed by atoms with Gasteiger partial charge in [0.25, 0.3) is 0 Å². The SMILES string of the molecule is Cc1cc2c3c(c1)N1c4ccccc4C(c4ccccc4)(c4ccccc4)c4cccc(c41)B3n1c3c(c4cccc-2c41)-c1ccccc1C3(C)C. The quantitative estimate of drug-likeness (QED) is 0.167. The number of benzene rings is 7. The fraction of sp³-hybridized carbons (Fsp3) is 0.102. The van der Waals surface area contributed by atoms with Crippen molar-refractivity contribution in [3.8, 4) is 22.3 Å². The van der Waals surface area contributed by atoms with Gasteiger partial charge in [-0.3, -0.25) is 0 Å². The molecule has 12 rings (SSSR count). The molecule has 0 saturated carbocycles. The maximum absolute atomic E-state index is 2.78. The Morgan fingerprint density at radius 1 is 0.538 bits per heavy atom. The van der Waals surface area contributed by atoms with Crippen molar-refractivity contribution in [1.82, 2.24) is 4.48 Å². The summed E-state index contributed by atoms with van der Waals surface area (Å²) < 4.78 is 2.78. The zero-order valence-electron chi connectivity index (χ0n) is 29.5. The normalized spacial score (nSPS) is 15.8. The van der Waals surface area contributed by atoms with E-state index in [2.05, 4.69) is 188 Å². The number of hydrogen-bond acceptors (Lipinski definition) is 1. The standard InChI is InChI=1S/C49H35BN2/c1-30-28-36-33-21-14-22-35-43-34-20-10-11-23-37(34)48(2,3)47(43)52(45(33)35)50-40-26-15-25-39-46(40)51(42(29-30)44(36)50)41-27-13-12-24-38(41)49(39,31-16-6-4-7-17-31)32-18-8-5-9-19-32/h4-29H,1-3H3. The van der Waals surface area contributed by atoms with Crippen LogP contribution in [-0.2, 0) is 10.8 Å². The lowest BCUT2D eigenvalue weighted by Crippen LogP contribution is -2.59. The molecule has 4 heterocycles. The van der Waals surface area contributed by atoms with Gasteiger partial charge in [0.2, 0.25) is 0 Å². The summed E-state index contributed by atoms with van der Waals surface area (Å²) >= 11 is 0. The van der Waals surface area contributed by atoms with Gasteiger partial charge < -0.3 is 9.38 Å². The molecule has 0 unspecified atom stereocenters. The molecule has 52 heavy (non-hydrogen) atoms. The van der Waals surface area contributed by atoms with Crippen molar-refractivity contribution < 1.29 is 0 Å². The number of nitrogens with zero attached hydrogens (tertiary/aromatic N) is 2. The van der Waals surface area contributed by atoms with E-state index in [1.54, 1.807) is 0 Å². The van der Waals surface area contributed by atoms with Crippen molar-refractivity contribution in [2.24, 2.45) is 0 Å². The summed E-state index contributed by atoms with van der Waals surface area (Å²) in [6.45, 7) is 7.16. The molecule has 8 aromatic rings. The van der Waals surface area contributed by atoms with E-state index in [9.17, 15) is 0 Å². The molecular formula is C49H35BN2. The van der Waals surface area contributed by atoms with Crippen molar-refractivity contribution in [2.45, 2.75) is 31.6 Å². The van der Waals surface area contributed by atoms with Crippen LogP contribution < -0.4 is 15.8 Å². The first kappa shape index (κ1) is 28.6. The monoisotopic (exact) mass is 662 g/mol. The van der Waals surface area contributed by atoms with Gasteiger partial charge in [-0.2, -0.15) is 0 Å². The molecule has 0 spiro atoms. The van der Waals surface area contributed by atoms with E-state index in [-0.39, 0.29) is 12.3 Å². The second kappa shape index (κ2) is 9.63. The summed E-state index contributed by atoms with van der Waals surface area (Å²) in [5.74, 6) is 0. The van der Waals surface area contributed by atoms with Gasteiger partial charge in [0.1, 0.15) is 0 Å². The van der Waals surface area contributed by atoms with Crippen LogP contribution >= 0.6 is 0 Å². The van der Waals surface area contributed by atoms with E-state index in [0.717, 1.165) is 0 Å². The highest BCUT2D eigenvalue weighted by Gasteiger charge is 2.53. The summed E-state index contributed by atoms with van der Waals surface area (Å²) in [5, 5.41) is 1.36. The van der Waals surface area contributed by atoms with Crippen molar-refractivity contribution in [3.63, 3.8) is 0 Å². The predicted molar refractivity (Wildman–Crippen MR) is 217 cm³/mol. The molecule has 0 fully saturated rings. The minimum absolute atomic E-state index is 0.0149. The van der Waals surface area contributed by atoms with Crippen LogP contribution in [0, 0.1) is 6.92 Å². The van der Waals surface area contributed by atoms with E-state index in [0.29, 0.717) is 0 Å². The van der Waals surface area contributed by atoms with Gasteiger partial charge in [-0.15, -0.1) is 0 Å². The van der Waals surface area contributed by atoms with Gasteiger partial charge in [-0.05, 0) is 74.5 Å². The molecule has 0 saturated heterocycles. The first-order valence-electron chi connectivity index (χ1n) is 18.6. The third kappa shape index (κ3) is 3.17. The minimum Gasteiger partial charge on any atom is -0.378 e. The number of aromatic nitrogens is 1. The predicted octanol–water partition coefficient (Wildman–Crippen LogP) is 10.4. The van der Waals surface area contributed by atoms with Crippen LogP contribution in [0.15, 0.2) is 158 Å². The molecule has 1 aliphatic carbocycles. The van der Waals surface area contributed by atoms with E-state index >= 15 is 0 Å². The lowest BCUT2D eigenvalue weighted by molar-refractivity contribution is 0.632. The van der Waals surface area contributed by atoms with Gasteiger partial charge in [0, 0.05) is 44.5 Å². The number of anilines is 3. The number of rotatable bonds is 2. The third-order valence-corrected chi connectivity index (χ3v) is 12.8. The van der Waals surface area contributed by atoms with Crippen LogP contribution in [0.2, 0.25) is 0 Å². The van der Waals surface area contributed by atoms with Gasteiger partial charge in [0.05, 0.1) is 11.1 Å². The molecule has 3 heteroatoms. The smallest absolute Gasteiger partial charge is 0.332 e. The molecule has 3 aliphatic heterocycles. The summed E-state index contributed by atoms with van der Waals surface area (Å²) in [4.78, 5) is 2.63. The molecule has 1 aromatic heterocycles. The first-order chi connectivity index (χ1) is 25.5. The maximum atomic E-state index is 2.78. The maximum Gasteiger partial charge on any atom is 0.332 e. The molecule has 0 radical (unpaired) electrons. The van der Waals surface area contributed by atoms with E-state index in [4.69, 9.17) is 0 Å². The van der Waals surface area contributed by atoms with E-state index < -0.39 is 5.41 Å². The third-order valence-electron chi connectivity index (χ3n) is 12.8. The van der Waals surface area contributed by atoms with Crippen LogP contribution in [0.4, 0.5) is 17.1 Å². The zero-order chi connectivity index (χ0) is 34.5. The summed E-state index contributed by atoms with van der Waals surface area (Å²) in [6, 6.07) is 59.8. The Labute approximate surface area is 304 Å². The Kier molecular flexibility index (Phi) is 5.30. The molecular weight excluding hydrogens is 627 g/mol. The molecule has 4 aliphatic rings. The van der Waals surface area contributed by atoms with Crippen LogP contribution in [0.5, 0.6) is 0 Å². The number of aryl methyl sites for hydroxylation is 1. The Hall–Kier alpha value is -6.06. The summed E-state index contributed by atoms with van der Waals surface area (Å²) in [7, 11) is 0. The van der Waals surface area contributed by atoms with Crippen molar-refractivity contribution in [2.75, 3.05) is 4.90 Å². The Bertz CT molecular complexity index is 2800. The number of para-hydroxylation sites is 3. The summed E-state index contributed by atoms with van der Waals surface area (Å²) in [5.41, 5.74) is 22.1. The van der Waals surface area contributed by atoms with Crippen LogP contribution in [0.3, 0.4) is 0 Å². The van der Waals surface area contributed by atoms with E-state index in [1.165, 1.54) is 100 Å². The fourth-order valence-electron chi connectivity index (χ4n) is 11.0. The minimum atomic E-state index is -0.513. The van der Waals surface area contributed by atoms with Crippen LogP contribution in [0.25, 0.3) is 33.2 Å². The largest absolute Gasteiger partial charge is 0.378 e. The molecule has 0 atom stereocenters. The highest BCUT2D eigenvalue weighted by Crippen LogP contribution is 2.60. The highest BCUT2D eigenvalue weighted by atomic mass is 15.2. The molecule has 2 nitrogen and oxygen atoms in total. The number of hydrogen-bond donors (Lipinski definition) is 0. The Morgan fingerprint density at radius 3 is 1.94 bits per heavy atom. The molecule has 0 amide bonds. The Morgan fingerprint density at radius 2 is 1.17 bits per heavy atom. The lowest BCUT2D eigenvalue weighted by Gasteiger charge is -2.51. The van der Waals surface area contributed by atoms with Gasteiger partial charge >= 0.3 is 6.85 Å². The molecule has 0 bridgehead atoms. The lowest BCUT2D eigenvalue weighted by atomic mass is 9.43. The van der Waals surface area contributed by atoms with Crippen molar-refractivity contribution in [3.05, 3.63) is 197 Å². The van der Waals surface area contributed by atoms with Crippen LogP contribution in [0.1, 0.15) is 52.9 Å². The molecule has 0 N–H and O–H groups in total. The molecule has 7 aromatic carbocycles. The molecule has 244 valence electrons. The number of fused-ring (bicyclic) bond motifs is 11. The van der Waals surface area contributed by atoms with Crippen LogP contribution in [-0.4, -0.2) is 11.3 Å². The second-order valence-electron chi connectivity index (χ2n) is 15.7. The average molecular weight is 663 g/mol. The summed E-state index contributed by atoms with van der Waals surface area (Å²) in [6.07, 6.45) is 0. The van der Waals surface area contributed by atoms with Crippen molar-refractivity contribution in [1.29, 1.82) is 0 Å². The Balaban J connectivity index is 1.28. The highest BCUT2D eigenvalue weighted by molar-refractivity contribution is 6.89.